The Kier molecular flexibility index (Phi) is 3.31. The lowest BCUT2D eigenvalue weighted by Crippen LogP contribution is -2.30. The Bertz CT molecular complexity index is 1410. The van der Waals surface area contributed by atoms with Crippen molar-refractivity contribution in [3.63, 3.8) is 0 Å². The van der Waals surface area contributed by atoms with Gasteiger partial charge in [0, 0.05) is 23.9 Å². The third kappa shape index (κ3) is 2.03. The molecule has 0 saturated carbocycles. The molecule has 3 aromatic rings. The number of Topliss-reactive ketones (excluding diaryl/α,β-unsaturated/α-hetero) is 1. The molecule has 0 radical (unpaired) electrons. The van der Waals surface area contributed by atoms with E-state index in [4.69, 9.17) is 0 Å². The third-order valence-electron chi connectivity index (χ3n) is 6.43. The second-order valence-corrected chi connectivity index (χ2v) is 10.00. The number of carbonyl (C=O) groups excluding carboxylic acids is 1. The van der Waals surface area contributed by atoms with E-state index in [1.165, 1.54) is 20.8 Å². The van der Waals surface area contributed by atoms with E-state index in [0.29, 0.717) is 11.1 Å². The molecule has 0 saturated heterocycles. The van der Waals surface area contributed by atoms with Crippen LogP contribution in [0.2, 0.25) is 0 Å². The number of thioether (sulfide) groups is 1. The first-order chi connectivity index (χ1) is 14.7. The number of nitrogens with zero attached hydrogens (tertiary/aromatic N) is 2. The number of anilines is 1. The van der Waals surface area contributed by atoms with Crippen molar-refractivity contribution in [1.82, 2.24) is 0 Å². The fourth-order valence-corrected chi connectivity index (χ4v) is 7.58. The topological polar surface area (TPSA) is 44.4 Å². The Morgan fingerprint density at radius 2 is 1.80 bits per heavy atom. The molecule has 4 heterocycles. The van der Waals surface area contributed by atoms with Crippen LogP contribution in [-0.4, -0.2) is 17.4 Å². The molecule has 0 fully saturated rings. The number of aryl methyl sites for hydroxylation is 1. The molecular formula is C24H17N2O2S2+. The van der Waals surface area contributed by atoms with Gasteiger partial charge in [-0.15, -0.1) is 0 Å². The number of para-hydroxylation sites is 2. The summed E-state index contributed by atoms with van der Waals surface area (Å²) in [5.41, 5.74) is 5.50. The van der Waals surface area contributed by atoms with Crippen LogP contribution in [0.15, 0.2) is 80.9 Å². The minimum absolute atomic E-state index is 0.00862. The first-order valence-corrected chi connectivity index (χ1v) is 11.8. The van der Waals surface area contributed by atoms with Crippen LogP contribution in [0.25, 0.3) is 15.8 Å². The molecule has 0 spiro atoms. The van der Waals surface area contributed by atoms with E-state index in [0.717, 1.165) is 47.1 Å². The Morgan fingerprint density at radius 1 is 0.967 bits per heavy atom. The molecule has 4 nitrogen and oxygen atoms in total. The number of aromatic nitrogens is 1. The maximum Gasteiger partial charge on any atom is 0.267 e. The van der Waals surface area contributed by atoms with E-state index in [9.17, 15) is 9.90 Å². The molecule has 146 valence electrons. The summed E-state index contributed by atoms with van der Waals surface area (Å²) in [5, 5.41) is 13.2. The van der Waals surface area contributed by atoms with E-state index < -0.39 is 0 Å². The number of hydrogen-bond donors (Lipinski definition) is 1. The van der Waals surface area contributed by atoms with Gasteiger partial charge in [0.1, 0.15) is 10.5 Å². The van der Waals surface area contributed by atoms with E-state index in [1.54, 1.807) is 23.1 Å². The van der Waals surface area contributed by atoms with Crippen LogP contribution in [0, 0.1) is 0 Å². The summed E-state index contributed by atoms with van der Waals surface area (Å²) in [6.45, 7) is 1.72. The first-order valence-electron chi connectivity index (χ1n) is 10.1. The molecule has 1 N–H and O–H groups in total. The van der Waals surface area contributed by atoms with Gasteiger partial charge in [-0.25, -0.2) is 0 Å². The van der Waals surface area contributed by atoms with Crippen LogP contribution in [-0.2, 0) is 11.3 Å². The largest absolute Gasteiger partial charge is 0.506 e. The lowest BCUT2D eigenvalue weighted by Gasteiger charge is -2.23. The van der Waals surface area contributed by atoms with Crippen molar-refractivity contribution in [2.45, 2.75) is 24.3 Å². The second-order valence-electron chi connectivity index (χ2n) is 7.94. The average Bonchev–Trinajstić information content (AvgIpc) is 3.50. The minimum Gasteiger partial charge on any atom is -0.506 e. The third-order valence-corrected chi connectivity index (χ3v) is 8.88. The van der Waals surface area contributed by atoms with Crippen LogP contribution < -0.4 is 9.47 Å². The van der Waals surface area contributed by atoms with Crippen molar-refractivity contribution >= 4 is 50.4 Å². The quantitative estimate of drug-likeness (QED) is 0.438. The van der Waals surface area contributed by atoms with Crippen molar-refractivity contribution in [3.05, 3.63) is 81.0 Å². The molecule has 1 aromatic heterocycles. The molecule has 0 bridgehead atoms. The molecule has 0 unspecified atom stereocenters. The highest BCUT2D eigenvalue weighted by atomic mass is 32.2. The Morgan fingerprint density at radius 3 is 2.70 bits per heavy atom. The molecule has 6 heteroatoms. The molecule has 4 aliphatic rings. The Labute approximate surface area is 181 Å². The number of aliphatic hydroxyl groups is 1. The van der Waals surface area contributed by atoms with Gasteiger partial charge < -0.3 is 10.0 Å². The second kappa shape index (κ2) is 5.86. The summed E-state index contributed by atoms with van der Waals surface area (Å²) in [4.78, 5) is 16.8. The van der Waals surface area contributed by atoms with Gasteiger partial charge in [0.25, 0.3) is 5.01 Å². The van der Waals surface area contributed by atoms with Gasteiger partial charge in [0.05, 0.1) is 27.4 Å². The number of thiazole rings is 1. The van der Waals surface area contributed by atoms with Crippen molar-refractivity contribution in [2.75, 3.05) is 11.4 Å². The van der Waals surface area contributed by atoms with E-state index >= 15 is 0 Å². The molecule has 0 atom stereocenters. The smallest absolute Gasteiger partial charge is 0.267 e. The maximum atomic E-state index is 13.3. The molecule has 1 aliphatic carbocycles. The Hall–Kier alpha value is -2.83. The number of hydrogen-bond acceptors (Lipinski definition) is 5. The zero-order chi connectivity index (χ0) is 20.0. The normalized spacial score (nSPS) is 22.1. The van der Waals surface area contributed by atoms with E-state index in [2.05, 4.69) is 45.9 Å². The molecule has 30 heavy (non-hydrogen) atoms. The monoisotopic (exact) mass is 429 g/mol. The number of benzene rings is 2. The fourth-order valence-electron chi connectivity index (χ4n) is 5.05. The van der Waals surface area contributed by atoms with Gasteiger partial charge in [-0.05, 0) is 30.2 Å². The number of carbonyl (C=O) groups is 1. The molecule has 7 rings (SSSR count). The summed E-state index contributed by atoms with van der Waals surface area (Å²) in [7, 11) is 0. The summed E-state index contributed by atoms with van der Waals surface area (Å²) < 4.78 is 3.50. The van der Waals surface area contributed by atoms with Gasteiger partial charge in [-0.2, -0.15) is 4.57 Å². The summed E-state index contributed by atoms with van der Waals surface area (Å²) in [5.74, 6) is 0.205. The molecule has 3 aliphatic heterocycles. The number of allylic oxidation sites excluding steroid dienone is 3. The van der Waals surface area contributed by atoms with Crippen molar-refractivity contribution in [2.24, 2.45) is 0 Å². The SMILES string of the molecule is O=C1C(C2=C3Sc4ccccc4N3CC2)=C(O)/C1=C1/CC[n+]2c1sc1ccccc12. The van der Waals surface area contributed by atoms with Crippen molar-refractivity contribution in [3.8, 4) is 0 Å². The highest BCUT2D eigenvalue weighted by Gasteiger charge is 2.46. The molecule has 2 aromatic carbocycles. The predicted octanol–water partition coefficient (Wildman–Crippen LogP) is 4.97. The number of ketones is 1. The minimum atomic E-state index is 0.00862. The van der Waals surface area contributed by atoms with Crippen LogP contribution in [0.3, 0.4) is 0 Å². The van der Waals surface area contributed by atoms with Gasteiger partial charge in [-0.3, -0.25) is 4.79 Å². The highest BCUT2D eigenvalue weighted by molar-refractivity contribution is 8.03. The van der Waals surface area contributed by atoms with Gasteiger partial charge in [0.2, 0.25) is 11.3 Å². The first kappa shape index (κ1) is 16.9. The predicted molar refractivity (Wildman–Crippen MR) is 120 cm³/mol. The average molecular weight is 430 g/mol. The maximum absolute atomic E-state index is 13.3. The van der Waals surface area contributed by atoms with Crippen molar-refractivity contribution < 1.29 is 14.5 Å². The number of rotatable bonds is 1. The zero-order valence-corrected chi connectivity index (χ0v) is 17.6. The highest BCUT2D eigenvalue weighted by Crippen LogP contribution is 2.54. The summed E-state index contributed by atoms with van der Waals surface area (Å²) >= 11 is 3.42. The van der Waals surface area contributed by atoms with Crippen LogP contribution in [0.5, 0.6) is 0 Å². The van der Waals surface area contributed by atoms with Gasteiger partial charge in [-0.1, -0.05) is 47.4 Å². The van der Waals surface area contributed by atoms with E-state index in [-0.39, 0.29) is 11.5 Å². The van der Waals surface area contributed by atoms with E-state index in [1.807, 2.05) is 12.1 Å². The zero-order valence-electron chi connectivity index (χ0n) is 16.0. The standard InChI is InChI=1S/C24H16N2O2S2/c27-21-19(13-9-11-25-15-5-1-3-7-17(15)29-23(13)25)22(28)20(21)14-10-12-26-16-6-2-4-8-18(16)30-24(14)26/h1-8H,9-12H2/p+1. The van der Waals surface area contributed by atoms with Gasteiger partial charge in [0.15, 0.2) is 6.54 Å². The molecular weight excluding hydrogens is 412 g/mol. The van der Waals surface area contributed by atoms with Crippen LogP contribution in [0.1, 0.15) is 17.8 Å². The Balaban J connectivity index is 1.35. The van der Waals surface area contributed by atoms with Gasteiger partial charge >= 0.3 is 0 Å². The lowest BCUT2D eigenvalue weighted by atomic mass is 9.80. The number of fused-ring (bicyclic) bond motifs is 6. The molecule has 0 amide bonds. The summed E-state index contributed by atoms with van der Waals surface area (Å²) in [6, 6.07) is 16.7. The fraction of sp³-hybridized carbons (Fsp3) is 0.167. The van der Waals surface area contributed by atoms with Crippen LogP contribution in [0.4, 0.5) is 5.69 Å². The summed E-state index contributed by atoms with van der Waals surface area (Å²) in [6.07, 6.45) is 1.60. The van der Waals surface area contributed by atoms with Crippen molar-refractivity contribution in [1.29, 1.82) is 0 Å². The number of aliphatic hydroxyl groups excluding tert-OH is 1. The van der Waals surface area contributed by atoms with Crippen LogP contribution >= 0.6 is 23.1 Å². The lowest BCUT2D eigenvalue weighted by molar-refractivity contribution is -0.659.